The third-order valence-corrected chi connectivity index (χ3v) is 3.34. The van der Waals surface area contributed by atoms with E-state index in [9.17, 15) is 9.59 Å². The maximum atomic E-state index is 11.9. The molecule has 4 nitrogen and oxygen atoms in total. The first kappa shape index (κ1) is 13.8. The van der Waals surface area contributed by atoms with E-state index in [1.54, 1.807) is 19.3 Å². The van der Waals surface area contributed by atoms with Crippen molar-refractivity contribution in [3.63, 3.8) is 0 Å². The monoisotopic (exact) mass is 256 g/mol. The van der Waals surface area contributed by atoms with E-state index < -0.39 is 5.54 Å². The molecule has 1 unspecified atom stereocenters. The van der Waals surface area contributed by atoms with Gasteiger partial charge in [0, 0.05) is 24.9 Å². The third-order valence-electron chi connectivity index (χ3n) is 2.80. The van der Waals surface area contributed by atoms with E-state index in [1.165, 1.54) is 10.6 Å². The Kier molecular flexibility index (Phi) is 3.98. The van der Waals surface area contributed by atoms with E-state index >= 15 is 0 Å². The normalized spacial score (nSPS) is 13.2. The van der Waals surface area contributed by atoms with Crippen molar-refractivity contribution in [2.75, 3.05) is 0 Å². The van der Waals surface area contributed by atoms with Gasteiger partial charge in [0.15, 0.2) is 0 Å². The number of rotatable bonds is 3. The van der Waals surface area contributed by atoms with Crippen molar-refractivity contribution in [2.24, 2.45) is 7.05 Å². The largest absolute Gasteiger partial charge is 0.346 e. The highest BCUT2D eigenvalue weighted by Crippen LogP contribution is 2.15. The summed E-state index contributed by atoms with van der Waals surface area (Å²) in [6, 6.07) is 2.91. The number of pyridine rings is 1. The molecule has 5 heteroatoms. The van der Waals surface area contributed by atoms with Crippen molar-refractivity contribution >= 4 is 17.5 Å². The van der Waals surface area contributed by atoms with E-state index in [4.69, 9.17) is 11.6 Å². The van der Waals surface area contributed by atoms with Crippen LogP contribution in [0, 0.1) is 0 Å². The summed E-state index contributed by atoms with van der Waals surface area (Å²) in [6.07, 6.45) is 1.56. The fraction of sp³-hybridized carbons (Fsp3) is 0.500. The second-order valence-corrected chi connectivity index (χ2v) is 5.31. The number of amides is 1. The first-order valence-electron chi connectivity index (χ1n) is 5.37. The van der Waals surface area contributed by atoms with Crippen molar-refractivity contribution in [1.29, 1.82) is 0 Å². The van der Waals surface area contributed by atoms with Gasteiger partial charge in [0.2, 0.25) is 0 Å². The Hall–Kier alpha value is -1.29. The number of carbonyl (C=O) groups excluding carboxylic acids is 1. The van der Waals surface area contributed by atoms with Gasteiger partial charge in [-0.2, -0.15) is 0 Å². The molecule has 1 aromatic rings. The first-order valence-corrected chi connectivity index (χ1v) is 5.81. The molecule has 0 aliphatic rings. The summed E-state index contributed by atoms with van der Waals surface area (Å²) in [5.74, 6) is -0.291. The van der Waals surface area contributed by atoms with E-state index in [0.29, 0.717) is 5.56 Å². The van der Waals surface area contributed by atoms with Crippen LogP contribution in [0.25, 0.3) is 0 Å². The Balaban J connectivity index is 2.91. The molecule has 0 aliphatic carbocycles. The molecule has 1 amide bonds. The smallest absolute Gasteiger partial charge is 0.251 e. The number of aryl methyl sites for hydroxylation is 1. The molecule has 0 spiro atoms. The van der Waals surface area contributed by atoms with Gasteiger partial charge >= 0.3 is 0 Å². The number of hydrogen-bond acceptors (Lipinski definition) is 2. The molecule has 94 valence electrons. The average Bonchev–Trinajstić information content (AvgIpc) is 2.21. The lowest BCUT2D eigenvalue weighted by molar-refractivity contribution is 0.0912. The highest BCUT2D eigenvalue weighted by molar-refractivity contribution is 6.21. The van der Waals surface area contributed by atoms with Crippen LogP contribution in [0.5, 0.6) is 0 Å². The van der Waals surface area contributed by atoms with Gasteiger partial charge in [0.05, 0.1) is 10.9 Å². The van der Waals surface area contributed by atoms with Gasteiger partial charge in [-0.3, -0.25) is 9.59 Å². The highest BCUT2D eigenvalue weighted by Gasteiger charge is 2.26. The van der Waals surface area contributed by atoms with Crippen LogP contribution in [0.3, 0.4) is 0 Å². The first-order chi connectivity index (χ1) is 7.74. The SMILES string of the molecule is CC(Cl)C(C)(C)NC(=O)c1ccn(C)c(=O)c1. The molecule has 1 heterocycles. The number of carbonyl (C=O) groups is 1. The molecule has 1 N–H and O–H groups in total. The van der Waals surface area contributed by atoms with Crippen molar-refractivity contribution in [3.05, 3.63) is 34.2 Å². The standard InChI is InChI=1S/C12H17ClN2O2/c1-8(13)12(2,3)14-11(17)9-5-6-15(4)10(16)7-9/h5-8H,1-4H3,(H,14,17). The lowest BCUT2D eigenvalue weighted by Crippen LogP contribution is -2.49. The molecule has 0 aromatic carbocycles. The Morgan fingerprint density at radius 2 is 2.12 bits per heavy atom. The van der Waals surface area contributed by atoms with Gasteiger partial charge in [-0.15, -0.1) is 11.6 Å². The van der Waals surface area contributed by atoms with Crippen LogP contribution in [0.1, 0.15) is 31.1 Å². The summed E-state index contributed by atoms with van der Waals surface area (Å²) in [4.78, 5) is 23.3. The molecule has 17 heavy (non-hydrogen) atoms. The zero-order valence-electron chi connectivity index (χ0n) is 10.5. The van der Waals surface area contributed by atoms with Gasteiger partial charge in [0.25, 0.3) is 11.5 Å². The summed E-state index contributed by atoms with van der Waals surface area (Å²) >= 11 is 5.98. The average molecular weight is 257 g/mol. The van der Waals surface area contributed by atoms with Crippen molar-refractivity contribution in [3.8, 4) is 0 Å². The van der Waals surface area contributed by atoms with E-state index in [2.05, 4.69) is 5.32 Å². The van der Waals surface area contributed by atoms with Gasteiger partial charge in [-0.05, 0) is 26.8 Å². The molecule has 1 atom stereocenters. The number of aromatic nitrogens is 1. The Morgan fingerprint density at radius 1 is 1.53 bits per heavy atom. The lowest BCUT2D eigenvalue weighted by atomic mass is 10.0. The minimum Gasteiger partial charge on any atom is -0.346 e. The third kappa shape index (κ3) is 3.33. The molecule has 1 rings (SSSR count). The predicted molar refractivity (Wildman–Crippen MR) is 68.5 cm³/mol. The van der Waals surface area contributed by atoms with Gasteiger partial charge in [-0.25, -0.2) is 0 Å². The molecular weight excluding hydrogens is 240 g/mol. The molecule has 0 aliphatic heterocycles. The molecule has 0 fully saturated rings. The summed E-state index contributed by atoms with van der Waals surface area (Å²) in [5.41, 5.74) is -0.396. The van der Waals surface area contributed by atoms with E-state index in [1.807, 2.05) is 20.8 Å². The summed E-state index contributed by atoms with van der Waals surface area (Å²) in [5, 5.41) is 2.59. The number of hydrogen-bond donors (Lipinski definition) is 1. The fourth-order valence-electron chi connectivity index (χ4n) is 1.15. The number of nitrogens with zero attached hydrogens (tertiary/aromatic N) is 1. The molecule has 0 radical (unpaired) electrons. The van der Waals surface area contributed by atoms with Crippen LogP contribution in [-0.2, 0) is 7.05 Å². The van der Waals surface area contributed by atoms with Crippen LogP contribution in [0.4, 0.5) is 0 Å². The lowest BCUT2D eigenvalue weighted by Gasteiger charge is -2.28. The fourth-order valence-corrected chi connectivity index (χ4v) is 1.21. The van der Waals surface area contributed by atoms with Crippen LogP contribution >= 0.6 is 11.6 Å². The molecule has 0 bridgehead atoms. The highest BCUT2D eigenvalue weighted by atomic mass is 35.5. The van der Waals surface area contributed by atoms with Crippen molar-refractivity contribution in [1.82, 2.24) is 9.88 Å². The Bertz CT molecular complexity index is 478. The molecule has 0 saturated carbocycles. The number of halogens is 1. The molecular formula is C12H17ClN2O2. The van der Waals surface area contributed by atoms with Gasteiger partial charge < -0.3 is 9.88 Å². The minimum atomic E-state index is -0.528. The van der Waals surface area contributed by atoms with Crippen molar-refractivity contribution < 1.29 is 4.79 Å². The Morgan fingerprint density at radius 3 is 2.59 bits per heavy atom. The topological polar surface area (TPSA) is 51.1 Å². The maximum absolute atomic E-state index is 11.9. The molecule has 1 aromatic heterocycles. The van der Waals surface area contributed by atoms with Crippen LogP contribution < -0.4 is 10.9 Å². The minimum absolute atomic E-state index is 0.210. The maximum Gasteiger partial charge on any atom is 0.251 e. The Labute approximate surface area is 106 Å². The van der Waals surface area contributed by atoms with Crippen LogP contribution in [0.2, 0.25) is 0 Å². The molecule has 0 saturated heterocycles. The van der Waals surface area contributed by atoms with Gasteiger partial charge in [-0.1, -0.05) is 0 Å². The van der Waals surface area contributed by atoms with Crippen molar-refractivity contribution in [2.45, 2.75) is 31.7 Å². The van der Waals surface area contributed by atoms with Crippen LogP contribution in [-0.4, -0.2) is 21.4 Å². The summed E-state index contributed by atoms with van der Waals surface area (Å²) in [6.45, 7) is 5.49. The van der Waals surface area contributed by atoms with E-state index in [0.717, 1.165) is 0 Å². The summed E-state index contributed by atoms with van der Waals surface area (Å²) < 4.78 is 1.41. The predicted octanol–water partition coefficient (Wildman–Crippen LogP) is 1.52. The second-order valence-electron chi connectivity index (χ2n) is 4.66. The summed E-state index contributed by atoms with van der Waals surface area (Å²) in [7, 11) is 1.63. The zero-order chi connectivity index (χ0) is 13.2. The zero-order valence-corrected chi connectivity index (χ0v) is 11.2. The van der Waals surface area contributed by atoms with Crippen LogP contribution in [0.15, 0.2) is 23.1 Å². The number of alkyl halides is 1. The quantitative estimate of drug-likeness (QED) is 0.834. The second kappa shape index (κ2) is 4.92. The number of nitrogens with one attached hydrogen (secondary N) is 1. The van der Waals surface area contributed by atoms with E-state index in [-0.39, 0.29) is 16.8 Å². The van der Waals surface area contributed by atoms with Gasteiger partial charge in [0.1, 0.15) is 0 Å².